The van der Waals surface area contributed by atoms with Crippen LogP contribution < -0.4 is 0 Å². The summed E-state index contributed by atoms with van der Waals surface area (Å²) in [4.78, 5) is 10.8. The predicted molar refractivity (Wildman–Crippen MR) is 69.9 cm³/mol. The van der Waals surface area contributed by atoms with E-state index in [0.717, 1.165) is 5.57 Å². The molecule has 0 bridgehead atoms. The van der Waals surface area contributed by atoms with Crippen LogP contribution in [0.25, 0.3) is 0 Å². The number of hydrogen-bond donors (Lipinski definition) is 2. The Labute approximate surface area is 110 Å². The van der Waals surface area contributed by atoms with Gasteiger partial charge in [-0.3, -0.25) is 13.7 Å². The van der Waals surface area contributed by atoms with Crippen LogP contribution in [0.4, 0.5) is 0 Å². The molecule has 0 amide bonds. The molecular formula is C12H19NO4S. The van der Waals surface area contributed by atoms with E-state index in [4.69, 9.17) is 5.11 Å². The van der Waals surface area contributed by atoms with Crippen molar-refractivity contribution in [3.8, 4) is 0 Å². The molecule has 1 fully saturated rings. The van der Waals surface area contributed by atoms with E-state index in [2.05, 4.69) is 0 Å². The zero-order valence-electron chi connectivity index (χ0n) is 10.8. The molecule has 2 N–H and O–H groups in total. The highest BCUT2D eigenvalue weighted by molar-refractivity contribution is 7.76. The second-order valence-corrected chi connectivity index (χ2v) is 5.20. The molecule has 102 valence electrons. The largest absolute Gasteiger partial charge is 0.481 e. The van der Waals surface area contributed by atoms with Gasteiger partial charge in [-0.2, -0.15) is 0 Å². The first-order valence-corrected chi connectivity index (χ1v) is 6.92. The molecule has 6 heteroatoms. The van der Waals surface area contributed by atoms with E-state index < -0.39 is 17.2 Å². The maximum absolute atomic E-state index is 11.4. The summed E-state index contributed by atoms with van der Waals surface area (Å²) in [5, 5.41) is 8.90. The van der Waals surface area contributed by atoms with Gasteiger partial charge in [0.1, 0.15) is 0 Å². The lowest BCUT2D eigenvalue weighted by atomic mass is 9.84. The molecule has 0 spiro atoms. The number of carbonyl (C=O) groups is 1. The van der Waals surface area contributed by atoms with Crippen LogP contribution in [-0.2, 0) is 16.1 Å². The van der Waals surface area contributed by atoms with E-state index in [9.17, 15) is 13.6 Å². The average Bonchev–Trinajstić information content (AvgIpc) is 2.29. The van der Waals surface area contributed by atoms with Gasteiger partial charge in [-0.25, -0.2) is 4.21 Å². The van der Waals surface area contributed by atoms with E-state index in [-0.39, 0.29) is 18.4 Å². The third-order valence-electron chi connectivity index (χ3n) is 3.33. The van der Waals surface area contributed by atoms with Crippen LogP contribution in [-0.4, -0.2) is 30.2 Å². The van der Waals surface area contributed by atoms with Crippen molar-refractivity contribution in [3.05, 3.63) is 23.4 Å². The summed E-state index contributed by atoms with van der Waals surface area (Å²) in [6, 6.07) is -0.276. The highest BCUT2D eigenvalue weighted by Crippen LogP contribution is 2.37. The zero-order chi connectivity index (χ0) is 13.9. The van der Waals surface area contributed by atoms with Crippen molar-refractivity contribution in [2.75, 3.05) is 0 Å². The number of piperidine rings is 1. The van der Waals surface area contributed by atoms with E-state index in [1.807, 2.05) is 19.9 Å². The fraction of sp³-hybridized carbons (Fsp3) is 0.583. The SMILES string of the molecule is C/C=C1/C[C@@H](CC(=O)O)[C@@H](C)N(S(=O)O)/C1=C/C. The Kier molecular flexibility index (Phi) is 5.10. The molecule has 1 saturated heterocycles. The molecule has 0 aliphatic carbocycles. The third-order valence-corrected chi connectivity index (χ3v) is 4.19. The molecule has 1 unspecified atom stereocenters. The molecule has 0 aromatic heterocycles. The summed E-state index contributed by atoms with van der Waals surface area (Å²) in [6.07, 6.45) is 4.29. The number of nitrogens with zero attached hydrogens (tertiary/aromatic N) is 1. The van der Waals surface area contributed by atoms with Gasteiger partial charge >= 0.3 is 5.97 Å². The molecule has 0 saturated carbocycles. The highest BCUT2D eigenvalue weighted by Gasteiger charge is 2.36. The molecule has 0 radical (unpaired) electrons. The molecule has 18 heavy (non-hydrogen) atoms. The minimum atomic E-state index is -2.14. The summed E-state index contributed by atoms with van der Waals surface area (Å²) in [5.74, 6) is -1.04. The van der Waals surface area contributed by atoms with Gasteiger partial charge < -0.3 is 5.11 Å². The van der Waals surface area contributed by atoms with Crippen LogP contribution in [0, 0.1) is 5.92 Å². The number of aliphatic carboxylic acids is 1. The smallest absolute Gasteiger partial charge is 0.303 e. The number of carboxylic acid groups (broad SMARTS) is 1. The topological polar surface area (TPSA) is 77.8 Å². The molecule has 1 aliphatic rings. The fourth-order valence-corrected chi connectivity index (χ4v) is 3.23. The normalized spacial score (nSPS) is 30.8. The van der Waals surface area contributed by atoms with Crippen molar-refractivity contribution in [2.24, 2.45) is 5.92 Å². The Morgan fingerprint density at radius 2 is 2.11 bits per heavy atom. The molecular weight excluding hydrogens is 254 g/mol. The summed E-state index contributed by atoms with van der Waals surface area (Å²) in [5.41, 5.74) is 1.64. The van der Waals surface area contributed by atoms with Gasteiger partial charge in [-0.1, -0.05) is 12.2 Å². The quantitative estimate of drug-likeness (QED) is 0.772. The lowest BCUT2D eigenvalue weighted by molar-refractivity contribution is -0.138. The van der Waals surface area contributed by atoms with Crippen LogP contribution in [0.3, 0.4) is 0 Å². The summed E-state index contributed by atoms with van der Waals surface area (Å²) in [6.45, 7) is 5.45. The molecule has 3 atom stereocenters. The Bertz CT molecular complexity index is 416. The van der Waals surface area contributed by atoms with Gasteiger partial charge in [-0.15, -0.1) is 0 Å². The summed E-state index contributed by atoms with van der Waals surface area (Å²) in [7, 11) is 0. The molecule has 1 heterocycles. The van der Waals surface area contributed by atoms with Gasteiger partial charge in [0.05, 0.1) is 12.1 Å². The van der Waals surface area contributed by atoms with E-state index >= 15 is 0 Å². The Morgan fingerprint density at radius 3 is 2.50 bits per heavy atom. The molecule has 1 aliphatic heterocycles. The Hall–Kier alpha value is -1.14. The first-order chi connectivity index (χ1) is 8.42. The standard InChI is InChI=1S/C12H19NO4S/c1-4-9-6-10(7-12(14)15)8(3)13(18(16)17)11(9)5-2/h4-5,8,10H,6-7H2,1-3H3,(H,14,15)(H,16,17)/b9-4-,11-5+/t8-,10+/m1/s1. The fourth-order valence-electron chi connectivity index (χ4n) is 2.38. The molecule has 5 nitrogen and oxygen atoms in total. The zero-order valence-corrected chi connectivity index (χ0v) is 11.6. The average molecular weight is 273 g/mol. The van der Waals surface area contributed by atoms with Crippen molar-refractivity contribution >= 4 is 17.2 Å². The van der Waals surface area contributed by atoms with Crippen molar-refractivity contribution in [1.82, 2.24) is 4.31 Å². The van der Waals surface area contributed by atoms with Gasteiger partial charge in [-0.05, 0) is 38.7 Å². The Morgan fingerprint density at radius 1 is 1.50 bits per heavy atom. The van der Waals surface area contributed by atoms with Crippen LogP contribution in [0.2, 0.25) is 0 Å². The second kappa shape index (κ2) is 6.15. The van der Waals surface area contributed by atoms with Crippen LogP contribution in [0.15, 0.2) is 23.4 Å². The molecule has 0 aromatic rings. The van der Waals surface area contributed by atoms with E-state index in [1.54, 1.807) is 13.0 Å². The minimum absolute atomic E-state index is 0.00318. The van der Waals surface area contributed by atoms with Crippen molar-refractivity contribution in [2.45, 2.75) is 39.7 Å². The molecule has 1 rings (SSSR count). The molecule has 0 aromatic carbocycles. The minimum Gasteiger partial charge on any atom is -0.481 e. The first kappa shape index (κ1) is 14.9. The van der Waals surface area contributed by atoms with E-state index in [0.29, 0.717) is 12.1 Å². The first-order valence-electron chi connectivity index (χ1n) is 5.86. The van der Waals surface area contributed by atoms with Gasteiger partial charge in [0.2, 0.25) is 0 Å². The lowest BCUT2D eigenvalue weighted by Crippen LogP contribution is -2.44. The summed E-state index contributed by atoms with van der Waals surface area (Å²) < 4.78 is 22.2. The van der Waals surface area contributed by atoms with Gasteiger partial charge in [0.15, 0.2) is 0 Å². The van der Waals surface area contributed by atoms with Crippen molar-refractivity contribution in [3.63, 3.8) is 0 Å². The monoisotopic (exact) mass is 273 g/mol. The maximum atomic E-state index is 11.4. The van der Waals surface area contributed by atoms with Crippen molar-refractivity contribution < 1.29 is 18.7 Å². The third kappa shape index (κ3) is 3.00. The predicted octanol–water partition coefficient (Wildman–Crippen LogP) is 2.16. The number of rotatable bonds is 3. The van der Waals surface area contributed by atoms with Gasteiger partial charge in [0.25, 0.3) is 11.3 Å². The summed E-state index contributed by atoms with van der Waals surface area (Å²) >= 11 is -2.14. The lowest BCUT2D eigenvalue weighted by Gasteiger charge is -2.40. The van der Waals surface area contributed by atoms with Crippen molar-refractivity contribution in [1.29, 1.82) is 0 Å². The van der Waals surface area contributed by atoms with Crippen LogP contribution in [0.5, 0.6) is 0 Å². The van der Waals surface area contributed by atoms with Gasteiger partial charge in [0, 0.05) is 6.04 Å². The number of hydrogen-bond acceptors (Lipinski definition) is 2. The second-order valence-electron chi connectivity index (χ2n) is 4.35. The Balaban J connectivity index is 3.12. The van der Waals surface area contributed by atoms with Crippen LogP contribution >= 0.6 is 0 Å². The number of allylic oxidation sites excluding steroid dienone is 3. The number of carboxylic acids is 1. The highest BCUT2D eigenvalue weighted by atomic mass is 32.2. The maximum Gasteiger partial charge on any atom is 0.303 e. The van der Waals surface area contributed by atoms with Crippen LogP contribution in [0.1, 0.15) is 33.6 Å². The van der Waals surface area contributed by atoms with E-state index in [1.165, 1.54) is 4.31 Å².